The van der Waals surface area contributed by atoms with Gasteiger partial charge in [-0.25, -0.2) is 0 Å². The smallest absolute Gasteiger partial charge is 0.261 e. The highest BCUT2D eigenvalue weighted by atomic mass is 35.5. The number of hydrogen-bond acceptors (Lipinski definition) is 4. The van der Waals surface area contributed by atoms with E-state index in [1.807, 2.05) is 6.92 Å². The summed E-state index contributed by atoms with van der Waals surface area (Å²) in [7, 11) is 1.55. The number of rotatable bonds is 8. The molecule has 122 valence electrons. The van der Waals surface area contributed by atoms with Gasteiger partial charge in [-0.2, -0.15) is 0 Å². The van der Waals surface area contributed by atoms with Gasteiger partial charge in [-0.3, -0.25) is 9.59 Å². The van der Waals surface area contributed by atoms with E-state index in [2.05, 4.69) is 10.6 Å². The number of methoxy groups -OCH3 is 1. The van der Waals surface area contributed by atoms with Crippen LogP contribution in [0.3, 0.4) is 0 Å². The summed E-state index contributed by atoms with van der Waals surface area (Å²) < 4.78 is 10.4. The predicted molar refractivity (Wildman–Crippen MR) is 84.2 cm³/mol. The Morgan fingerprint density at radius 3 is 2.68 bits per heavy atom. The maximum Gasteiger partial charge on any atom is 0.261 e. The van der Waals surface area contributed by atoms with Crippen LogP contribution in [0.25, 0.3) is 0 Å². The molecule has 0 spiro atoms. The maximum absolute atomic E-state index is 11.9. The molecule has 0 saturated carbocycles. The lowest BCUT2D eigenvalue weighted by Gasteiger charge is -2.16. The Hall–Kier alpha value is -1.79. The Labute approximate surface area is 135 Å². The topological polar surface area (TPSA) is 76.7 Å². The second kappa shape index (κ2) is 9.27. The summed E-state index contributed by atoms with van der Waals surface area (Å²) in [5, 5.41) is 5.73. The average molecular weight is 329 g/mol. The van der Waals surface area contributed by atoms with Gasteiger partial charge < -0.3 is 20.1 Å². The Kier molecular flexibility index (Phi) is 7.70. The van der Waals surface area contributed by atoms with Crippen molar-refractivity contribution in [1.29, 1.82) is 0 Å². The van der Waals surface area contributed by atoms with Gasteiger partial charge in [-0.1, -0.05) is 11.6 Å². The van der Waals surface area contributed by atoms with Crippen LogP contribution in [0.4, 0.5) is 0 Å². The van der Waals surface area contributed by atoms with Crippen LogP contribution in [0, 0.1) is 6.92 Å². The first-order valence-electron chi connectivity index (χ1n) is 6.90. The molecule has 22 heavy (non-hydrogen) atoms. The van der Waals surface area contributed by atoms with Crippen molar-refractivity contribution in [1.82, 2.24) is 10.6 Å². The number of amides is 2. The number of nitrogens with one attached hydrogen (secondary N) is 2. The number of ether oxygens (including phenoxy) is 2. The van der Waals surface area contributed by atoms with Crippen molar-refractivity contribution in [3.63, 3.8) is 0 Å². The molecule has 1 atom stereocenters. The summed E-state index contributed by atoms with van der Waals surface area (Å²) in [5.41, 5.74) is 0.837. The van der Waals surface area contributed by atoms with Gasteiger partial charge in [-0.05, 0) is 37.6 Å². The molecule has 0 aliphatic rings. The van der Waals surface area contributed by atoms with Gasteiger partial charge in [0.1, 0.15) is 5.75 Å². The van der Waals surface area contributed by atoms with E-state index in [1.54, 1.807) is 32.2 Å². The highest BCUT2D eigenvalue weighted by Gasteiger charge is 2.16. The van der Waals surface area contributed by atoms with Crippen molar-refractivity contribution in [2.75, 3.05) is 26.8 Å². The van der Waals surface area contributed by atoms with E-state index < -0.39 is 6.10 Å². The van der Waals surface area contributed by atoms with E-state index in [4.69, 9.17) is 21.1 Å². The number of aryl methyl sites for hydroxylation is 1. The van der Waals surface area contributed by atoms with E-state index in [9.17, 15) is 9.59 Å². The zero-order valence-corrected chi connectivity index (χ0v) is 13.7. The monoisotopic (exact) mass is 328 g/mol. The van der Waals surface area contributed by atoms with Crippen LogP contribution in [0.2, 0.25) is 5.02 Å². The largest absolute Gasteiger partial charge is 0.481 e. The number of hydrogen-bond donors (Lipinski definition) is 2. The molecule has 1 unspecified atom stereocenters. The molecule has 7 heteroatoms. The molecule has 1 aromatic rings. The quantitative estimate of drug-likeness (QED) is 0.705. The van der Waals surface area contributed by atoms with Crippen molar-refractivity contribution in [2.45, 2.75) is 20.0 Å². The molecule has 1 aromatic carbocycles. The minimum Gasteiger partial charge on any atom is -0.481 e. The molecule has 0 bridgehead atoms. The Balaban J connectivity index is 2.40. The number of carbonyl (C=O) groups is 2. The SMILES string of the molecule is COCCNC(=O)CNC(=O)C(C)Oc1ccc(Cl)cc1C. The molecule has 0 aliphatic heterocycles. The molecular formula is C15H21ClN2O4. The third kappa shape index (κ3) is 6.32. The predicted octanol–water partition coefficient (Wildman–Crippen LogP) is 1.29. The number of carbonyl (C=O) groups excluding carboxylic acids is 2. The summed E-state index contributed by atoms with van der Waals surface area (Å²) in [6.45, 7) is 4.19. The van der Waals surface area contributed by atoms with Crippen LogP contribution in [0.15, 0.2) is 18.2 Å². The fraction of sp³-hybridized carbons (Fsp3) is 0.467. The lowest BCUT2D eigenvalue weighted by Crippen LogP contribution is -2.43. The van der Waals surface area contributed by atoms with Gasteiger partial charge in [0.15, 0.2) is 6.10 Å². The zero-order valence-electron chi connectivity index (χ0n) is 12.9. The van der Waals surface area contributed by atoms with Crippen molar-refractivity contribution in [3.8, 4) is 5.75 Å². The molecule has 0 heterocycles. The second-order valence-electron chi connectivity index (χ2n) is 4.73. The lowest BCUT2D eigenvalue weighted by molar-refractivity contribution is -0.130. The third-order valence-corrected chi connectivity index (χ3v) is 3.10. The first kappa shape index (κ1) is 18.3. The van der Waals surface area contributed by atoms with Gasteiger partial charge in [-0.15, -0.1) is 0 Å². The summed E-state index contributed by atoms with van der Waals surface area (Å²) in [6, 6.07) is 5.15. The van der Waals surface area contributed by atoms with Crippen molar-refractivity contribution in [3.05, 3.63) is 28.8 Å². The molecule has 0 aliphatic carbocycles. The normalized spacial score (nSPS) is 11.6. The molecule has 0 fully saturated rings. The lowest BCUT2D eigenvalue weighted by atomic mass is 10.2. The van der Waals surface area contributed by atoms with Crippen LogP contribution in [-0.4, -0.2) is 44.7 Å². The van der Waals surface area contributed by atoms with E-state index >= 15 is 0 Å². The highest BCUT2D eigenvalue weighted by Crippen LogP contribution is 2.22. The number of halogens is 1. The van der Waals surface area contributed by atoms with Crippen LogP contribution >= 0.6 is 11.6 Å². The fourth-order valence-electron chi connectivity index (χ4n) is 1.66. The number of benzene rings is 1. The van der Waals surface area contributed by atoms with Crippen LogP contribution < -0.4 is 15.4 Å². The summed E-state index contributed by atoms with van der Waals surface area (Å²) in [5.74, 6) is -0.0619. The highest BCUT2D eigenvalue weighted by molar-refractivity contribution is 6.30. The van der Waals surface area contributed by atoms with Gasteiger partial charge in [0.2, 0.25) is 5.91 Å². The van der Waals surface area contributed by atoms with E-state index in [-0.39, 0.29) is 18.4 Å². The molecule has 0 radical (unpaired) electrons. The standard InChI is InChI=1S/C15H21ClN2O4/c1-10-8-12(16)4-5-13(10)22-11(2)15(20)18-9-14(19)17-6-7-21-3/h4-5,8,11H,6-7,9H2,1-3H3,(H,17,19)(H,18,20). The average Bonchev–Trinajstić information content (AvgIpc) is 2.47. The van der Waals surface area contributed by atoms with Gasteiger partial charge in [0.05, 0.1) is 13.2 Å². The van der Waals surface area contributed by atoms with Gasteiger partial charge in [0, 0.05) is 18.7 Å². The molecule has 6 nitrogen and oxygen atoms in total. The minimum absolute atomic E-state index is 0.101. The second-order valence-corrected chi connectivity index (χ2v) is 5.17. The molecule has 2 N–H and O–H groups in total. The Bertz CT molecular complexity index is 522. The summed E-state index contributed by atoms with van der Waals surface area (Å²) in [6.07, 6.45) is -0.716. The maximum atomic E-state index is 11.9. The third-order valence-electron chi connectivity index (χ3n) is 2.86. The van der Waals surface area contributed by atoms with Crippen LogP contribution in [0.1, 0.15) is 12.5 Å². The van der Waals surface area contributed by atoms with Crippen molar-refractivity contribution in [2.24, 2.45) is 0 Å². The molecule has 1 rings (SSSR count). The van der Waals surface area contributed by atoms with Gasteiger partial charge >= 0.3 is 0 Å². The van der Waals surface area contributed by atoms with Crippen molar-refractivity contribution >= 4 is 23.4 Å². The Morgan fingerprint density at radius 1 is 1.32 bits per heavy atom. The molecular weight excluding hydrogens is 308 g/mol. The van der Waals surface area contributed by atoms with E-state index in [1.165, 1.54) is 0 Å². The first-order valence-corrected chi connectivity index (χ1v) is 7.28. The summed E-state index contributed by atoms with van der Waals surface area (Å²) >= 11 is 5.86. The summed E-state index contributed by atoms with van der Waals surface area (Å²) in [4.78, 5) is 23.4. The zero-order chi connectivity index (χ0) is 16.5. The first-order chi connectivity index (χ1) is 10.4. The van der Waals surface area contributed by atoms with Crippen molar-refractivity contribution < 1.29 is 19.1 Å². The molecule has 2 amide bonds. The fourth-order valence-corrected chi connectivity index (χ4v) is 1.88. The van der Waals surface area contributed by atoms with E-state index in [0.29, 0.717) is 23.9 Å². The van der Waals surface area contributed by atoms with Crippen LogP contribution in [0.5, 0.6) is 5.75 Å². The molecule has 0 saturated heterocycles. The minimum atomic E-state index is -0.716. The molecule has 0 aromatic heterocycles. The van der Waals surface area contributed by atoms with Gasteiger partial charge in [0.25, 0.3) is 5.91 Å². The van der Waals surface area contributed by atoms with Crippen LogP contribution in [-0.2, 0) is 14.3 Å². The van der Waals surface area contributed by atoms with E-state index in [0.717, 1.165) is 5.56 Å². The Morgan fingerprint density at radius 2 is 2.05 bits per heavy atom.